The van der Waals surface area contributed by atoms with Crippen LogP contribution in [0, 0.1) is 0 Å². The number of anilines is 3. The van der Waals surface area contributed by atoms with Crippen molar-refractivity contribution in [2.75, 3.05) is 4.90 Å². The van der Waals surface area contributed by atoms with E-state index >= 15 is 0 Å². The lowest BCUT2D eigenvalue weighted by molar-refractivity contribution is 1.18. The Hall–Kier alpha value is -8.72. The largest absolute Gasteiger partial charge is 0.310 e. The first-order chi connectivity index (χ1) is 32.8. The van der Waals surface area contributed by atoms with Crippen LogP contribution in [-0.4, -0.2) is 4.57 Å². The third kappa shape index (κ3) is 6.11. The number of fused-ring (bicyclic) bond motifs is 9. The van der Waals surface area contributed by atoms with Gasteiger partial charge in [-0.3, -0.25) is 0 Å². The average Bonchev–Trinajstić information content (AvgIpc) is 3.74. The molecule has 0 N–H and O–H groups in total. The van der Waals surface area contributed by atoms with Gasteiger partial charge in [-0.2, -0.15) is 0 Å². The highest BCUT2D eigenvalue weighted by atomic mass is 15.1. The molecule has 0 aliphatic carbocycles. The fourth-order valence-corrected chi connectivity index (χ4v) is 10.6. The van der Waals surface area contributed by atoms with E-state index in [4.69, 9.17) is 0 Å². The van der Waals surface area contributed by atoms with E-state index in [2.05, 4.69) is 264 Å². The van der Waals surface area contributed by atoms with Crippen LogP contribution in [0.3, 0.4) is 0 Å². The predicted molar refractivity (Wildman–Crippen MR) is 282 cm³/mol. The van der Waals surface area contributed by atoms with Crippen molar-refractivity contribution in [2.24, 2.45) is 0 Å². The van der Waals surface area contributed by atoms with Crippen molar-refractivity contribution in [3.05, 3.63) is 255 Å². The molecule has 13 aromatic rings. The summed E-state index contributed by atoms with van der Waals surface area (Å²) in [6, 6.07) is 93.4. The zero-order chi connectivity index (χ0) is 43.6. The van der Waals surface area contributed by atoms with Gasteiger partial charge < -0.3 is 9.47 Å². The molecule has 1 heterocycles. The second kappa shape index (κ2) is 15.5. The fourth-order valence-electron chi connectivity index (χ4n) is 10.6. The normalized spacial score (nSPS) is 11.6. The first-order valence-electron chi connectivity index (χ1n) is 22.8. The van der Waals surface area contributed by atoms with Gasteiger partial charge in [0.2, 0.25) is 0 Å². The minimum atomic E-state index is 1.08. The third-order valence-electron chi connectivity index (χ3n) is 13.5. The van der Waals surface area contributed by atoms with Crippen molar-refractivity contribution >= 4 is 82.0 Å². The van der Waals surface area contributed by atoms with Gasteiger partial charge in [-0.1, -0.05) is 194 Å². The summed E-state index contributed by atoms with van der Waals surface area (Å²) in [6.07, 6.45) is 0. The van der Waals surface area contributed by atoms with Crippen LogP contribution in [0.15, 0.2) is 255 Å². The van der Waals surface area contributed by atoms with Crippen LogP contribution in [-0.2, 0) is 0 Å². The second-order valence-corrected chi connectivity index (χ2v) is 17.2. The van der Waals surface area contributed by atoms with Crippen LogP contribution in [0.2, 0.25) is 0 Å². The first kappa shape index (κ1) is 37.8. The summed E-state index contributed by atoms with van der Waals surface area (Å²) >= 11 is 0. The standard InChI is InChI=1S/C64H42N2/c1-4-19-44(20-5-1)62-57-29-13-12-28-55(57)56-39-37-51(42-59(56)63(62)45-21-6-2-7-22-45)65(50-36-38-53-47(41-50)35-34-43-18-10-11-27-52(43)53)49-26-16-23-46(40-49)54-31-17-33-61-64(54)58-30-14-15-32-60(58)66(61)48-24-8-3-9-25-48/h1-42H. The van der Waals surface area contributed by atoms with Gasteiger partial charge >= 0.3 is 0 Å². The molecule has 0 saturated heterocycles. The van der Waals surface area contributed by atoms with E-state index in [9.17, 15) is 0 Å². The fraction of sp³-hybridized carbons (Fsp3) is 0. The Morgan fingerprint density at radius 1 is 0.273 bits per heavy atom. The zero-order valence-corrected chi connectivity index (χ0v) is 36.1. The van der Waals surface area contributed by atoms with Gasteiger partial charge in [-0.25, -0.2) is 0 Å². The summed E-state index contributed by atoms with van der Waals surface area (Å²) in [5, 5.41) is 12.4. The summed E-state index contributed by atoms with van der Waals surface area (Å²) in [6.45, 7) is 0. The number of hydrogen-bond donors (Lipinski definition) is 0. The molecule has 1 aromatic heterocycles. The maximum absolute atomic E-state index is 2.46. The number of aromatic nitrogens is 1. The van der Waals surface area contributed by atoms with E-state index < -0.39 is 0 Å². The molecule has 13 rings (SSSR count). The van der Waals surface area contributed by atoms with Crippen molar-refractivity contribution in [1.29, 1.82) is 0 Å². The topological polar surface area (TPSA) is 8.17 Å². The summed E-state index contributed by atoms with van der Waals surface area (Å²) < 4.78 is 2.40. The SMILES string of the molecule is c1ccc(-c2c(-c3ccccc3)c3cc(N(c4cccc(-c5cccc6c5c5ccccc5n6-c5ccccc5)c4)c4ccc5c(ccc6ccccc65)c4)ccc3c3ccccc23)cc1. The minimum Gasteiger partial charge on any atom is -0.310 e. The van der Waals surface area contributed by atoms with Gasteiger partial charge in [0.25, 0.3) is 0 Å². The molecule has 12 aromatic carbocycles. The average molecular weight is 839 g/mol. The molecule has 2 heteroatoms. The summed E-state index contributed by atoms with van der Waals surface area (Å²) in [7, 11) is 0. The smallest absolute Gasteiger partial charge is 0.0547 e. The van der Waals surface area contributed by atoms with Gasteiger partial charge in [0.1, 0.15) is 0 Å². The lowest BCUT2D eigenvalue weighted by Gasteiger charge is -2.28. The first-order valence-corrected chi connectivity index (χ1v) is 22.8. The molecule has 2 nitrogen and oxygen atoms in total. The Bertz CT molecular complexity index is 3980. The van der Waals surface area contributed by atoms with E-state index in [1.54, 1.807) is 0 Å². The van der Waals surface area contributed by atoms with Crippen molar-refractivity contribution in [2.45, 2.75) is 0 Å². The van der Waals surface area contributed by atoms with Crippen LogP contribution >= 0.6 is 0 Å². The van der Waals surface area contributed by atoms with E-state index in [0.29, 0.717) is 0 Å². The molecule has 0 bridgehead atoms. The highest BCUT2D eigenvalue weighted by Crippen LogP contribution is 2.48. The van der Waals surface area contributed by atoms with Gasteiger partial charge in [0.05, 0.1) is 11.0 Å². The molecular formula is C64H42N2. The van der Waals surface area contributed by atoms with Crippen LogP contribution in [0.5, 0.6) is 0 Å². The van der Waals surface area contributed by atoms with Gasteiger partial charge in [-0.05, 0) is 137 Å². The predicted octanol–water partition coefficient (Wildman–Crippen LogP) is 17.9. The maximum atomic E-state index is 2.46. The van der Waals surface area contributed by atoms with Crippen LogP contribution < -0.4 is 4.90 Å². The van der Waals surface area contributed by atoms with E-state index in [1.165, 1.54) is 92.7 Å². The van der Waals surface area contributed by atoms with Gasteiger partial charge in [0, 0.05) is 33.5 Å². The van der Waals surface area contributed by atoms with Crippen molar-refractivity contribution in [3.8, 4) is 39.1 Å². The van der Waals surface area contributed by atoms with E-state index in [0.717, 1.165) is 28.3 Å². The van der Waals surface area contributed by atoms with E-state index in [1.807, 2.05) is 0 Å². The Morgan fingerprint density at radius 3 is 1.56 bits per heavy atom. The lowest BCUT2D eigenvalue weighted by Crippen LogP contribution is -2.10. The molecule has 66 heavy (non-hydrogen) atoms. The zero-order valence-electron chi connectivity index (χ0n) is 36.1. The summed E-state index contributed by atoms with van der Waals surface area (Å²) in [5.41, 5.74) is 14.0. The number of benzene rings is 12. The molecule has 308 valence electrons. The number of para-hydroxylation sites is 2. The molecule has 0 fully saturated rings. The third-order valence-corrected chi connectivity index (χ3v) is 13.5. The lowest BCUT2D eigenvalue weighted by atomic mass is 9.85. The minimum absolute atomic E-state index is 1.08. The molecule has 0 aliphatic heterocycles. The Balaban J connectivity index is 1.08. The van der Waals surface area contributed by atoms with Gasteiger partial charge in [-0.15, -0.1) is 0 Å². The molecule has 0 unspecified atom stereocenters. The molecule has 0 spiro atoms. The molecule has 0 radical (unpaired) electrons. The number of hydrogen-bond acceptors (Lipinski definition) is 1. The molecule has 0 saturated carbocycles. The Morgan fingerprint density at radius 2 is 0.788 bits per heavy atom. The van der Waals surface area contributed by atoms with E-state index in [-0.39, 0.29) is 0 Å². The van der Waals surface area contributed by atoms with Crippen LogP contribution in [0.1, 0.15) is 0 Å². The van der Waals surface area contributed by atoms with Gasteiger partial charge in [0.15, 0.2) is 0 Å². The van der Waals surface area contributed by atoms with Crippen molar-refractivity contribution in [1.82, 2.24) is 4.57 Å². The second-order valence-electron chi connectivity index (χ2n) is 17.2. The molecule has 0 atom stereocenters. The molecule has 0 amide bonds. The van der Waals surface area contributed by atoms with Crippen LogP contribution in [0.4, 0.5) is 17.1 Å². The highest BCUT2D eigenvalue weighted by Gasteiger charge is 2.22. The monoisotopic (exact) mass is 838 g/mol. The van der Waals surface area contributed by atoms with Crippen LogP contribution in [0.25, 0.3) is 104 Å². The summed E-state index contributed by atoms with van der Waals surface area (Å²) in [5.74, 6) is 0. The van der Waals surface area contributed by atoms with Crippen molar-refractivity contribution < 1.29 is 0 Å². The maximum Gasteiger partial charge on any atom is 0.0547 e. The number of rotatable bonds is 7. The Kier molecular flexibility index (Phi) is 8.89. The molecular weight excluding hydrogens is 797 g/mol. The van der Waals surface area contributed by atoms with Crippen molar-refractivity contribution in [3.63, 3.8) is 0 Å². The Labute approximate surface area is 383 Å². The number of nitrogens with zero attached hydrogens (tertiary/aromatic N) is 2. The molecule has 0 aliphatic rings. The quantitative estimate of drug-likeness (QED) is 0.145. The highest BCUT2D eigenvalue weighted by molar-refractivity contribution is 6.22. The summed E-state index contributed by atoms with van der Waals surface area (Å²) in [4.78, 5) is 2.46.